The lowest BCUT2D eigenvalue weighted by Gasteiger charge is -2.38. The lowest BCUT2D eigenvalue weighted by Crippen LogP contribution is -2.49. The average molecular weight is 736 g/mol. The van der Waals surface area contributed by atoms with Gasteiger partial charge in [0.1, 0.15) is 23.1 Å². The number of ether oxygens (including phenoxy) is 2. The molecule has 2 saturated heterocycles. The molecule has 0 saturated carbocycles. The molecule has 15 heteroatoms. The van der Waals surface area contributed by atoms with Crippen molar-refractivity contribution in [1.29, 1.82) is 0 Å². The van der Waals surface area contributed by atoms with Crippen LogP contribution in [-0.4, -0.2) is 93.3 Å². The Hall–Kier alpha value is -3.98. The highest BCUT2D eigenvalue weighted by atomic mass is 35.5. The van der Waals surface area contributed by atoms with Crippen molar-refractivity contribution in [2.45, 2.75) is 45.2 Å². The number of sulfonamides is 1. The number of piperidine rings is 1. The van der Waals surface area contributed by atoms with Gasteiger partial charge in [0.05, 0.1) is 30.7 Å². The van der Waals surface area contributed by atoms with Crippen LogP contribution in [0, 0.1) is 11.6 Å². The average Bonchev–Trinajstić information content (AvgIpc) is 3.08. The lowest BCUT2D eigenvalue weighted by atomic mass is 10.0. The van der Waals surface area contributed by atoms with E-state index in [0.717, 1.165) is 63.2 Å². The smallest absolute Gasteiger partial charge is 0.322 e. The number of carbonyl (C=O) groups is 2. The molecule has 3 aromatic rings. The molecular weight excluding hydrogens is 692 g/mol. The van der Waals surface area contributed by atoms with Gasteiger partial charge in [-0.25, -0.2) is 22.0 Å². The number of halogens is 3. The minimum absolute atomic E-state index is 0. The zero-order chi connectivity index (χ0) is 35.0. The fraction of sp³-hybridized carbons (Fsp3) is 0.429. The monoisotopic (exact) mass is 735 g/mol. The Morgan fingerprint density at radius 3 is 2.16 bits per heavy atom. The van der Waals surface area contributed by atoms with Crippen LogP contribution in [0.25, 0.3) is 0 Å². The van der Waals surface area contributed by atoms with Gasteiger partial charge >= 0.3 is 6.03 Å². The summed E-state index contributed by atoms with van der Waals surface area (Å²) in [6, 6.07) is 15.6. The molecule has 50 heavy (non-hydrogen) atoms. The number of benzene rings is 3. The molecule has 0 aliphatic carbocycles. The second kappa shape index (κ2) is 17.8. The van der Waals surface area contributed by atoms with Crippen molar-refractivity contribution in [1.82, 2.24) is 14.7 Å². The Kier molecular flexibility index (Phi) is 13.8. The summed E-state index contributed by atoms with van der Waals surface area (Å²) < 4.78 is 65.9. The molecule has 5 rings (SSSR count). The fourth-order valence-electron chi connectivity index (χ4n) is 5.96. The van der Waals surface area contributed by atoms with Gasteiger partial charge in [-0.1, -0.05) is 25.5 Å². The summed E-state index contributed by atoms with van der Waals surface area (Å²) in [5.41, 5.74) is 1.05. The highest BCUT2D eigenvalue weighted by molar-refractivity contribution is 7.92. The number of likely N-dealkylation sites (tertiary alicyclic amines) is 1. The van der Waals surface area contributed by atoms with E-state index in [1.165, 1.54) is 4.90 Å². The fourth-order valence-corrected chi connectivity index (χ4v) is 6.53. The molecule has 2 N–H and O–H groups in total. The summed E-state index contributed by atoms with van der Waals surface area (Å²) in [5, 5.41) is 2.62. The maximum atomic E-state index is 14.9. The van der Waals surface area contributed by atoms with Crippen LogP contribution >= 0.6 is 12.4 Å². The van der Waals surface area contributed by atoms with E-state index in [4.69, 9.17) is 9.47 Å². The van der Waals surface area contributed by atoms with E-state index in [1.54, 1.807) is 29.2 Å². The molecule has 0 unspecified atom stereocenters. The van der Waals surface area contributed by atoms with Gasteiger partial charge in [-0.05, 0) is 67.3 Å². The maximum Gasteiger partial charge on any atom is 0.322 e. The number of rotatable bonds is 12. The van der Waals surface area contributed by atoms with Gasteiger partial charge in [-0.3, -0.25) is 14.4 Å². The topological polar surface area (TPSA) is 121 Å². The lowest BCUT2D eigenvalue weighted by molar-refractivity contribution is 0.0300. The number of hydrogen-bond acceptors (Lipinski definition) is 7. The zero-order valence-corrected chi connectivity index (χ0v) is 29.8. The Labute approximate surface area is 298 Å². The summed E-state index contributed by atoms with van der Waals surface area (Å²) in [6.07, 6.45) is 4.20. The van der Waals surface area contributed by atoms with Crippen molar-refractivity contribution < 1.29 is 36.3 Å². The number of nitrogens with one attached hydrogen (secondary N) is 2. The summed E-state index contributed by atoms with van der Waals surface area (Å²) in [4.78, 5) is 32.0. The van der Waals surface area contributed by atoms with Crippen LogP contribution in [0.1, 0.15) is 48.5 Å². The van der Waals surface area contributed by atoms with Crippen LogP contribution < -0.4 is 14.8 Å². The van der Waals surface area contributed by atoms with Crippen LogP contribution in [-0.2, 0) is 21.3 Å². The molecule has 11 nitrogen and oxygen atoms in total. The quantitative estimate of drug-likeness (QED) is 0.223. The van der Waals surface area contributed by atoms with E-state index in [2.05, 4.69) is 14.9 Å². The Morgan fingerprint density at radius 1 is 0.940 bits per heavy atom. The first-order valence-electron chi connectivity index (χ1n) is 16.5. The van der Waals surface area contributed by atoms with Crippen molar-refractivity contribution in [3.8, 4) is 11.5 Å². The number of carbonyl (C=O) groups excluding carboxylic acids is 2. The first-order valence-corrected chi connectivity index (χ1v) is 18.4. The largest absolute Gasteiger partial charge is 0.457 e. The molecule has 0 radical (unpaired) electrons. The number of urea groups is 1. The van der Waals surface area contributed by atoms with Crippen molar-refractivity contribution in [3.05, 3.63) is 83.4 Å². The molecular formula is C35H44ClF2N5O6S. The summed E-state index contributed by atoms with van der Waals surface area (Å²) in [7, 11) is -3.35. The Balaban J connectivity index is 0.00000562. The van der Waals surface area contributed by atoms with Gasteiger partial charge in [0.2, 0.25) is 10.0 Å². The van der Waals surface area contributed by atoms with Gasteiger partial charge in [0.15, 0.2) is 0 Å². The molecule has 0 atom stereocenters. The second-order valence-electron chi connectivity index (χ2n) is 12.3. The van der Waals surface area contributed by atoms with Gasteiger partial charge in [-0.15, -0.1) is 12.4 Å². The van der Waals surface area contributed by atoms with Crippen LogP contribution in [0.2, 0.25) is 0 Å². The number of morpholine rings is 1. The molecule has 2 aliphatic heterocycles. The number of hydrogen-bond donors (Lipinski definition) is 2. The minimum Gasteiger partial charge on any atom is -0.457 e. The first-order chi connectivity index (χ1) is 23.5. The zero-order valence-electron chi connectivity index (χ0n) is 28.2. The summed E-state index contributed by atoms with van der Waals surface area (Å²) in [5.74, 6) is -1.25. The summed E-state index contributed by atoms with van der Waals surface area (Å²) in [6.45, 7) is 6.08. The predicted molar refractivity (Wildman–Crippen MR) is 191 cm³/mol. The molecule has 2 fully saturated rings. The standard InChI is InChI=1S/C35H43F2N5O6S.ClH/c1-3-4-15-42(35(44)38-33-22-30(31(36)23-32(33)37)34(43)41-18-20-47-21-19-41)27-13-16-40(17-14-27)24-25-5-9-28(10-6-25)48-29-11-7-26(8-12-29)39-49(2,45)46;/h5-12,22-23,27,39H,3-4,13-21,24H2,1-2H3,(H,38,44);1H. The molecule has 2 heterocycles. The minimum atomic E-state index is -3.35. The van der Waals surface area contributed by atoms with Crippen molar-refractivity contribution in [2.75, 3.05) is 62.2 Å². The van der Waals surface area contributed by atoms with Crippen molar-refractivity contribution >= 4 is 45.7 Å². The molecule has 272 valence electrons. The van der Waals surface area contributed by atoms with Crippen molar-refractivity contribution in [3.63, 3.8) is 0 Å². The Bertz CT molecular complexity index is 1700. The van der Waals surface area contributed by atoms with Gasteiger partial charge in [-0.2, -0.15) is 0 Å². The van der Waals surface area contributed by atoms with Crippen LogP contribution in [0.5, 0.6) is 11.5 Å². The third-order valence-corrected chi connectivity index (χ3v) is 9.17. The molecule has 0 aromatic heterocycles. The van der Waals surface area contributed by atoms with E-state index in [1.807, 2.05) is 31.2 Å². The van der Waals surface area contributed by atoms with E-state index in [0.29, 0.717) is 56.1 Å². The number of amides is 3. The molecule has 2 aliphatic rings. The van der Waals surface area contributed by atoms with Crippen LogP contribution in [0.3, 0.4) is 0 Å². The van der Waals surface area contributed by atoms with Crippen LogP contribution in [0.15, 0.2) is 60.7 Å². The van der Waals surface area contributed by atoms with Gasteiger partial charge < -0.3 is 24.6 Å². The third kappa shape index (κ3) is 10.8. The summed E-state index contributed by atoms with van der Waals surface area (Å²) >= 11 is 0. The van der Waals surface area contributed by atoms with Crippen molar-refractivity contribution in [2.24, 2.45) is 0 Å². The highest BCUT2D eigenvalue weighted by Crippen LogP contribution is 2.27. The third-order valence-electron chi connectivity index (χ3n) is 8.56. The van der Waals surface area contributed by atoms with Crippen LogP contribution in [0.4, 0.5) is 25.0 Å². The molecule has 3 aromatic carbocycles. The van der Waals surface area contributed by atoms with E-state index >= 15 is 0 Å². The van der Waals surface area contributed by atoms with E-state index in [9.17, 15) is 26.8 Å². The second-order valence-corrected chi connectivity index (χ2v) is 14.1. The Morgan fingerprint density at radius 2 is 1.56 bits per heavy atom. The molecule has 0 bridgehead atoms. The maximum absolute atomic E-state index is 14.9. The predicted octanol–water partition coefficient (Wildman–Crippen LogP) is 6.32. The van der Waals surface area contributed by atoms with Gasteiger partial charge in [0, 0.05) is 57.1 Å². The molecule has 0 spiro atoms. The SMILES string of the molecule is CCCCN(C(=O)Nc1cc(C(=O)N2CCOCC2)c(F)cc1F)C1CCN(Cc2ccc(Oc3ccc(NS(C)(=O)=O)cc3)cc2)CC1.Cl. The van der Waals surface area contributed by atoms with E-state index < -0.39 is 33.6 Å². The first kappa shape index (κ1) is 38.8. The number of anilines is 2. The van der Waals surface area contributed by atoms with Gasteiger partial charge in [0.25, 0.3) is 5.91 Å². The molecule has 3 amide bonds. The van der Waals surface area contributed by atoms with E-state index in [-0.39, 0.29) is 29.7 Å². The normalized spacial score (nSPS) is 15.6. The highest BCUT2D eigenvalue weighted by Gasteiger charge is 2.29. The number of nitrogens with zero attached hydrogens (tertiary/aromatic N) is 3. The number of unbranched alkanes of at least 4 members (excludes halogenated alkanes) is 1.